The van der Waals surface area contributed by atoms with Gasteiger partial charge in [0.2, 0.25) is 0 Å². The van der Waals surface area contributed by atoms with Crippen molar-refractivity contribution >= 4 is 11.3 Å². The largest absolute Gasteiger partial charge is 0.389 e. The van der Waals surface area contributed by atoms with Crippen molar-refractivity contribution in [1.29, 1.82) is 0 Å². The van der Waals surface area contributed by atoms with Gasteiger partial charge >= 0.3 is 0 Å². The van der Waals surface area contributed by atoms with Crippen molar-refractivity contribution in [3.05, 3.63) is 16.6 Å². The van der Waals surface area contributed by atoms with Crippen LogP contribution in [-0.4, -0.2) is 15.7 Å². The molecule has 1 aromatic heterocycles. The summed E-state index contributed by atoms with van der Waals surface area (Å²) in [5.41, 5.74) is 1.43. The van der Waals surface area contributed by atoms with Crippen molar-refractivity contribution in [2.45, 2.75) is 69.8 Å². The number of aromatic nitrogens is 1. The van der Waals surface area contributed by atoms with Crippen LogP contribution in [0.15, 0.2) is 11.7 Å². The lowest BCUT2D eigenvalue weighted by atomic mass is 9.64. The van der Waals surface area contributed by atoms with Gasteiger partial charge in [-0.3, -0.25) is 4.98 Å². The standard InChI is InChI=1S/C16H25NOS/c18-16(10-14-11-17-12-19-14)9-5-4-8-15(16)13-6-2-1-3-7-13/h11-13,15,18H,1-10H2. The summed E-state index contributed by atoms with van der Waals surface area (Å²) in [6, 6.07) is 0. The maximum absolute atomic E-state index is 11.2. The lowest BCUT2D eigenvalue weighted by Gasteiger charge is -2.45. The molecule has 1 heterocycles. The quantitative estimate of drug-likeness (QED) is 0.900. The summed E-state index contributed by atoms with van der Waals surface area (Å²) in [5, 5.41) is 11.2. The molecule has 0 bridgehead atoms. The highest BCUT2D eigenvalue weighted by atomic mass is 32.1. The fourth-order valence-electron chi connectivity index (χ4n) is 4.31. The van der Waals surface area contributed by atoms with Crippen LogP contribution >= 0.6 is 11.3 Å². The maximum atomic E-state index is 11.2. The number of rotatable bonds is 3. The van der Waals surface area contributed by atoms with Crippen LogP contribution in [0.1, 0.15) is 62.7 Å². The lowest BCUT2D eigenvalue weighted by Crippen LogP contribution is -2.46. The Morgan fingerprint density at radius 2 is 1.95 bits per heavy atom. The van der Waals surface area contributed by atoms with Crippen molar-refractivity contribution in [3.8, 4) is 0 Å². The van der Waals surface area contributed by atoms with E-state index >= 15 is 0 Å². The minimum absolute atomic E-state index is 0.452. The zero-order valence-electron chi connectivity index (χ0n) is 11.7. The Morgan fingerprint density at radius 3 is 2.68 bits per heavy atom. The van der Waals surface area contributed by atoms with Gasteiger partial charge in [0.15, 0.2) is 0 Å². The van der Waals surface area contributed by atoms with Crippen molar-refractivity contribution in [3.63, 3.8) is 0 Å². The van der Waals surface area contributed by atoms with E-state index in [4.69, 9.17) is 0 Å². The van der Waals surface area contributed by atoms with Gasteiger partial charge in [0.05, 0.1) is 11.1 Å². The molecule has 2 nitrogen and oxygen atoms in total. The molecule has 2 aliphatic carbocycles. The minimum Gasteiger partial charge on any atom is -0.389 e. The van der Waals surface area contributed by atoms with Crippen LogP contribution in [0.5, 0.6) is 0 Å². The molecular formula is C16H25NOS. The summed E-state index contributed by atoms with van der Waals surface area (Å²) in [6.07, 6.45) is 14.3. The Morgan fingerprint density at radius 1 is 1.16 bits per heavy atom. The van der Waals surface area contributed by atoms with Crippen LogP contribution < -0.4 is 0 Å². The zero-order chi connectivity index (χ0) is 13.1. The normalized spacial score (nSPS) is 33.4. The van der Waals surface area contributed by atoms with Gasteiger partial charge < -0.3 is 5.11 Å². The Kier molecular flexibility index (Phi) is 4.23. The molecule has 3 heteroatoms. The Balaban J connectivity index is 1.75. The first kappa shape index (κ1) is 13.6. The number of thiazole rings is 1. The second kappa shape index (κ2) is 5.92. The second-order valence-corrected chi connectivity index (χ2v) is 7.47. The Bertz CT molecular complexity index is 385. The predicted octanol–water partition coefficient (Wildman–Crippen LogP) is 4.19. The number of hydrogen-bond acceptors (Lipinski definition) is 3. The SMILES string of the molecule is OC1(Cc2cncs2)CCCCC1C1CCCCC1. The molecule has 1 aromatic rings. The molecule has 2 fully saturated rings. The summed E-state index contributed by atoms with van der Waals surface area (Å²) in [6.45, 7) is 0. The van der Waals surface area contributed by atoms with Crippen LogP contribution in [0.3, 0.4) is 0 Å². The van der Waals surface area contributed by atoms with Gasteiger partial charge in [-0.15, -0.1) is 11.3 Å². The molecule has 0 spiro atoms. The summed E-state index contributed by atoms with van der Waals surface area (Å²) < 4.78 is 0. The van der Waals surface area contributed by atoms with Crippen LogP contribution in [0.2, 0.25) is 0 Å². The molecule has 2 atom stereocenters. The van der Waals surface area contributed by atoms with E-state index < -0.39 is 5.60 Å². The number of hydrogen-bond donors (Lipinski definition) is 1. The molecule has 2 aliphatic rings. The third-order valence-electron chi connectivity index (χ3n) is 5.25. The second-order valence-electron chi connectivity index (χ2n) is 6.50. The van der Waals surface area contributed by atoms with Gasteiger partial charge in [-0.25, -0.2) is 0 Å². The molecule has 106 valence electrons. The van der Waals surface area contributed by atoms with Crippen molar-refractivity contribution in [2.75, 3.05) is 0 Å². The van der Waals surface area contributed by atoms with Crippen LogP contribution in [-0.2, 0) is 6.42 Å². The molecule has 0 radical (unpaired) electrons. The zero-order valence-corrected chi connectivity index (χ0v) is 12.5. The number of aliphatic hydroxyl groups is 1. The smallest absolute Gasteiger partial charge is 0.0794 e. The first-order chi connectivity index (χ1) is 9.28. The van der Waals surface area contributed by atoms with E-state index in [1.807, 2.05) is 11.7 Å². The number of nitrogens with zero attached hydrogens (tertiary/aromatic N) is 1. The first-order valence-electron chi connectivity index (χ1n) is 7.88. The van der Waals surface area contributed by atoms with E-state index in [2.05, 4.69) is 4.98 Å². The van der Waals surface area contributed by atoms with Crippen molar-refractivity contribution < 1.29 is 5.11 Å². The lowest BCUT2D eigenvalue weighted by molar-refractivity contribution is -0.0761. The molecule has 0 aliphatic heterocycles. The van der Waals surface area contributed by atoms with E-state index in [9.17, 15) is 5.11 Å². The fraction of sp³-hybridized carbons (Fsp3) is 0.812. The van der Waals surface area contributed by atoms with E-state index in [0.717, 1.165) is 18.8 Å². The van der Waals surface area contributed by atoms with Crippen molar-refractivity contribution in [2.24, 2.45) is 11.8 Å². The summed E-state index contributed by atoms with van der Waals surface area (Å²) in [4.78, 5) is 5.42. The average Bonchev–Trinajstić information content (AvgIpc) is 2.92. The third kappa shape index (κ3) is 3.03. The van der Waals surface area contributed by atoms with Gasteiger partial charge in [0, 0.05) is 17.5 Å². The van der Waals surface area contributed by atoms with Crippen molar-refractivity contribution in [1.82, 2.24) is 4.98 Å². The van der Waals surface area contributed by atoms with E-state index in [-0.39, 0.29) is 0 Å². The fourth-order valence-corrected chi connectivity index (χ4v) is 5.02. The average molecular weight is 279 g/mol. The maximum Gasteiger partial charge on any atom is 0.0794 e. The highest BCUT2D eigenvalue weighted by Crippen LogP contribution is 2.45. The van der Waals surface area contributed by atoms with E-state index in [1.165, 1.54) is 56.2 Å². The van der Waals surface area contributed by atoms with Crippen LogP contribution in [0, 0.1) is 11.8 Å². The minimum atomic E-state index is -0.452. The molecule has 2 unspecified atom stereocenters. The monoisotopic (exact) mass is 279 g/mol. The van der Waals surface area contributed by atoms with Gasteiger partial charge in [-0.2, -0.15) is 0 Å². The van der Waals surface area contributed by atoms with Gasteiger partial charge in [-0.05, 0) is 24.7 Å². The highest BCUT2D eigenvalue weighted by molar-refractivity contribution is 7.09. The molecule has 1 N–H and O–H groups in total. The first-order valence-corrected chi connectivity index (χ1v) is 8.76. The third-order valence-corrected chi connectivity index (χ3v) is 6.03. The molecule has 0 aromatic carbocycles. The molecule has 3 rings (SSSR count). The summed E-state index contributed by atoms with van der Waals surface area (Å²) in [5.74, 6) is 1.30. The molecule has 0 saturated heterocycles. The Hall–Kier alpha value is -0.410. The van der Waals surface area contributed by atoms with Gasteiger partial charge in [0.1, 0.15) is 0 Å². The van der Waals surface area contributed by atoms with E-state index in [1.54, 1.807) is 11.3 Å². The Labute approximate surface area is 120 Å². The topological polar surface area (TPSA) is 33.1 Å². The molecule has 0 amide bonds. The van der Waals surface area contributed by atoms with Crippen LogP contribution in [0.25, 0.3) is 0 Å². The molecule has 19 heavy (non-hydrogen) atoms. The van der Waals surface area contributed by atoms with Crippen LogP contribution in [0.4, 0.5) is 0 Å². The predicted molar refractivity (Wildman–Crippen MR) is 79.3 cm³/mol. The summed E-state index contributed by atoms with van der Waals surface area (Å²) >= 11 is 1.69. The summed E-state index contributed by atoms with van der Waals surface area (Å²) in [7, 11) is 0. The molecule has 2 saturated carbocycles. The van der Waals surface area contributed by atoms with Gasteiger partial charge in [-0.1, -0.05) is 44.9 Å². The van der Waals surface area contributed by atoms with E-state index in [0.29, 0.717) is 5.92 Å². The highest BCUT2D eigenvalue weighted by Gasteiger charge is 2.43. The molecular weight excluding hydrogens is 254 g/mol. The van der Waals surface area contributed by atoms with Gasteiger partial charge in [0.25, 0.3) is 0 Å².